The van der Waals surface area contributed by atoms with Gasteiger partial charge in [0.15, 0.2) is 5.96 Å². The second-order valence-corrected chi connectivity index (χ2v) is 8.01. The predicted octanol–water partition coefficient (Wildman–Crippen LogP) is 3.82. The van der Waals surface area contributed by atoms with Crippen molar-refractivity contribution >= 4 is 41.5 Å². The van der Waals surface area contributed by atoms with E-state index in [0.29, 0.717) is 0 Å². The van der Waals surface area contributed by atoms with Crippen LogP contribution in [0.4, 0.5) is 5.69 Å². The molecular formula is C25H36IN5O2. The lowest BCUT2D eigenvalue weighted by molar-refractivity contribution is -0.114. The molecule has 0 aliphatic carbocycles. The van der Waals surface area contributed by atoms with Gasteiger partial charge in [-0.2, -0.15) is 0 Å². The quantitative estimate of drug-likeness (QED) is 0.245. The standard InChI is InChI=1S/C25H35N5O2.HI/c1-19(31)29-21-12-10-20(11-13-21)14-15-27-25(26-2)28-18-23(30-16-6-7-17-30)22-8-4-5-9-24(22)32-3;/h4-5,8-13,23H,6-7,14-18H2,1-3H3,(H,29,31)(H2,26,27,28);1H. The van der Waals surface area contributed by atoms with Crippen LogP contribution in [0, 0.1) is 0 Å². The normalized spacial score (nSPS) is 14.8. The molecule has 180 valence electrons. The fourth-order valence-corrected chi connectivity index (χ4v) is 4.13. The number of halogens is 1. The van der Waals surface area contributed by atoms with Gasteiger partial charge in [0.2, 0.25) is 5.91 Å². The maximum Gasteiger partial charge on any atom is 0.221 e. The number of likely N-dealkylation sites (tertiary alicyclic amines) is 1. The molecule has 7 nitrogen and oxygen atoms in total. The molecule has 1 fully saturated rings. The summed E-state index contributed by atoms with van der Waals surface area (Å²) in [7, 11) is 3.53. The number of nitrogens with zero attached hydrogens (tertiary/aromatic N) is 2. The van der Waals surface area contributed by atoms with Gasteiger partial charge in [0.1, 0.15) is 5.75 Å². The number of ether oxygens (including phenoxy) is 1. The molecule has 8 heteroatoms. The summed E-state index contributed by atoms with van der Waals surface area (Å²) in [5, 5.41) is 9.71. The number of nitrogens with one attached hydrogen (secondary N) is 3. The molecule has 1 saturated heterocycles. The van der Waals surface area contributed by atoms with Crippen LogP contribution >= 0.6 is 24.0 Å². The van der Waals surface area contributed by atoms with Crippen molar-refractivity contribution in [2.24, 2.45) is 4.99 Å². The topological polar surface area (TPSA) is 78.0 Å². The first-order chi connectivity index (χ1) is 15.6. The van der Waals surface area contributed by atoms with Gasteiger partial charge in [-0.15, -0.1) is 24.0 Å². The monoisotopic (exact) mass is 565 g/mol. The van der Waals surface area contributed by atoms with Gasteiger partial charge in [-0.1, -0.05) is 30.3 Å². The van der Waals surface area contributed by atoms with Gasteiger partial charge in [-0.05, 0) is 56.1 Å². The van der Waals surface area contributed by atoms with Crippen LogP contribution in [-0.2, 0) is 11.2 Å². The van der Waals surface area contributed by atoms with E-state index in [0.717, 1.165) is 50.0 Å². The Labute approximate surface area is 214 Å². The first kappa shape index (κ1) is 26.9. The number of amides is 1. The van der Waals surface area contributed by atoms with Gasteiger partial charge in [0, 0.05) is 38.3 Å². The summed E-state index contributed by atoms with van der Waals surface area (Å²) in [5.41, 5.74) is 3.22. The largest absolute Gasteiger partial charge is 0.496 e. The van der Waals surface area contributed by atoms with E-state index < -0.39 is 0 Å². The second kappa shape index (κ2) is 14.0. The van der Waals surface area contributed by atoms with Gasteiger partial charge in [-0.25, -0.2) is 0 Å². The van der Waals surface area contributed by atoms with Crippen LogP contribution in [0.2, 0.25) is 0 Å². The first-order valence-electron chi connectivity index (χ1n) is 11.3. The molecule has 1 aliphatic rings. The van der Waals surface area contributed by atoms with E-state index in [9.17, 15) is 4.79 Å². The molecule has 1 aliphatic heterocycles. The van der Waals surface area contributed by atoms with Crippen molar-refractivity contribution in [2.75, 3.05) is 45.7 Å². The van der Waals surface area contributed by atoms with Gasteiger partial charge in [-0.3, -0.25) is 14.7 Å². The lowest BCUT2D eigenvalue weighted by Gasteiger charge is -2.30. The minimum atomic E-state index is -0.0605. The van der Waals surface area contributed by atoms with E-state index in [1.54, 1.807) is 14.2 Å². The number of carbonyl (C=O) groups is 1. The van der Waals surface area contributed by atoms with Crippen molar-refractivity contribution in [3.8, 4) is 5.75 Å². The Bertz CT molecular complexity index is 898. The van der Waals surface area contributed by atoms with E-state index in [1.165, 1.54) is 30.9 Å². The molecule has 2 aromatic carbocycles. The van der Waals surface area contributed by atoms with Crippen molar-refractivity contribution in [1.29, 1.82) is 0 Å². The summed E-state index contributed by atoms with van der Waals surface area (Å²) < 4.78 is 5.64. The molecule has 1 heterocycles. The number of aliphatic imine (C=N–C) groups is 1. The highest BCUT2D eigenvalue weighted by molar-refractivity contribution is 14.0. The van der Waals surface area contributed by atoms with E-state index in [4.69, 9.17) is 4.74 Å². The van der Waals surface area contributed by atoms with E-state index in [-0.39, 0.29) is 35.9 Å². The van der Waals surface area contributed by atoms with Crippen LogP contribution in [0.15, 0.2) is 53.5 Å². The Balaban J connectivity index is 0.00000385. The minimum absolute atomic E-state index is 0. The fourth-order valence-electron chi connectivity index (χ4n) is 4.13. The molecule has 0 aromatic heterocycles. The lowest BCUT2D eigenvalue weighted by Crippen LogP contribution is -2.43. The van der Waals surface area contributed by atoms with Crippen molar-refractivity contribution in [2.45, 2.75) is 32.2 Å². The number of rotatable bonds is 9. The van der Waals surface area contributed by atoms with Gasteiger partial charge in [0.05, 0.1) is 13.2 Å². The average molecular weight is 566 g/mol. The molecule has 1 amide bonds. The summed E-state index contributed by atoms with van der Waals surface area (Å²) >= 11 is 0. The van der Waals surface area contributed by atoms with Crippen molar-refractivity contribution in [1.82, 2.24) is 15.5 Å². The van der Waals surface area contributed by atoms with Crippen molar-refractivity contribution in [3.63, 3.8) is 0 Å². The zero-order chi connectivity index (χ0) is 22.8. The summed E-state index contributed by atoms with van der Waals surface area (Å²) in [6.45, 7) is 5.24. The second-order valence-electron chi connectivity index (χ2n) is 8.01. The van der Waals surface area contributed by atoms with Crippen LogP contribution in [0.1, 0.15) is 36.9 Å². The number of guanidine groups is 1. The summed E-state index contributed by atoms with van der Waals surface area (Å²) in [5.74, 6) is 1.66. The van der Waals surface area contributed by atoms with Gasteiger partial charge >= 0.3 is 0 Å². The Morgan fingerprint density at radius 1 is 1.09 bits per heavy atom. The summed E-state index contributed by atoms with van der Waals surface area (Å²) in [6, 6.07) is 16.4. The SMILES string of the molecule is CN=C(NCCc1ccc(NC(C)=O)cc1)NCC(c1ccccc1OC)N1CCCC1.I. The molecule has 3 N–H and O–H groups in total. The Morgan fingerprint density at radius 3 is 2.42 bits per heavy atom. The predicted molar refractivity (Wildman–Crippen MR) is 146 cm³/mol. The van der Waals surface area contributed by atoms with Crippen LogP contribution in [0.5, 0.6) is 5.75 Å². The number of benzene rings is 2. The number of carbonyl (C=O) groups excluding carboxylic acids is 1. The average Bonchev–Trinajstić information content (AvgIpc) is 3.33. The zero-order valence-electron chi connectivity index (χ0n) is 19.8. The molecule has 1 unspecified atom stereocenters. The molecule has 0 spiro atoms. The maximum absolute atomic E-state index is 11.1. The molecule has 1 atom stereocenters. The highest BCUT2D eigenvalue weighted by Gasteiger charge is 2.26. The van der Waals surface area contributed by atoms with Gasteiger partial charge < -0.3 is 20.7 Å². The Kier molecular flexibility index (Phi) is 11.5. The molecule has 0 saturated carbocycles. The number of hydrogen-bond acceptors (Lipinski definition) is 4. The van der Waals surface area contributed by atoms with Crippen LogP contribution in [-0.4, -0.2) is 57.1 Å². The highest BCUT2D eigenvalue weighted by atomic mass is 127. The first-order valence-corrected chi connectivity index (χ1v) is 11.3. The zero-order valence-corrected chi connectivity index (χ0v) is 22.1. The number of hydrogen-bond donors (Lipinski definition) is 3. The molecular weight excluding hydrogens is 529 g/mol. The van der Waals surface area contributed by atoms with Crippen LogP contribution in [0.25, 0.3) is 0 Å². The van der Waals surface area contributed by atoms with Crippen molar-refractivity contribution < 1.29 is 9.53 Å². The number of methoxy groups -OCH3 is 1. The third-order valence-electron chi connectivity index (χ3n) is 5.75. The molecule has 0 bridgehead atoms. The third-order valence-corrected chi connectivity index (χ3v) is 5.75. The van der Waals surface area contributed by atoms with E-state index >= 15 is 0 Å². The minimum Gasteiger partial charge on any atom is -0.496 e. The van der Waals surface area contributed by atoms with Crippen molar-refractivity contribution in [3.05, 3.63) is 59.7 Å². The molecule has 2 aromatic rings. The third kappa shape index (κ3) is 8.19. The maximum atomic E-state index is 11.1. The molecule has 33 heavy (non-hydrogen) atoms. The fraction of sp³-hybridized carbons (Fsp3) is 0.440. The van der Waals surface area contributed by atoms with E-state index in [2.05, 4.69) is 38.0 Å². The van der Waals surface area contributed by atoms with Gasteiger partial charge in [0.25, 0.3) is 0 Å². The summed E-state index contributed by atoms with van der Waals surface area (Å²) in [6.07, 6.45) is 3.34. The molecule has 3 rings (SSSR count). The van der Waals surface area contributed by atoms with Crippen LogP contribution in [0.3, 0.4) is 0 Å². The molecule has 0 radical (unpaired) electrons. The summed E-state index contributed by atoms with van der Waals surface area (Å²) in [4.78, 5) is 18.1. The lowest BCUT2D eigenvalue weighted by atomic mass is 10.0. The number of para-hydroxylation sites is 1. The van der Waals surface area contributed by atoms with E-state index in [1.807, 2.05) is 36.4 Å². The number of anilines is 1. The Morgan fingerprint density at radius 2 is 1.79 bits per heavy atom. The Hall–Kier alpha value is -2.33. The highest BCUT2D eigenvalue weighted by Crippen LogP contribution is 2.31. The smallest absolute Gasteiger partial charge is 0.221 e. The van der Waals surface area contributed by atoms with Crippen LogP contribution < -0.4 is 20.7 Å².